The SMILES string of the molecule is CCCCCC/C=C\CCCCCCCCCC(=O)OCC.CCCCCCCCCCCCCCC. The van der Waals surface area contributed by atoms with Gasteiger partial charge in [-0.05, 0) is 39.0 Å². The first kappa shape index (κ1) is 38.4. The van der Waals surface area contributed by atoms with Gasteiger partial charge in [-0.2, -0.15) is 0 Å². The van der Waals surface area contributed by atoms with Crippen molar-refractivity contribution in [2.45, 2.75) is 201 Å². The zero-order chi connectivity index (χ0) is 27.5. The van der Waals surface area contributed by atoms with Crippen LogP contribution in [0.4, 0.5) is 0 Å². The fourth-order valence-electron chi connectivity index (χ4n) is 4.66. The lowest BCUT2D eigenvalue weighted by Gasteiger charge is -2.02. The molecule has 2 nitrogen and oxygen atoms in total. The predicted molar refractivity (Wildman–Crippen MR) is 167 cm³/mol. The Labute approximate surface area is 235 Å². The molecule has 0 aromatic carbocycles. The van der Waals surface area contributed by atoms with Gasteiger partial charge in [0.15, 0.2) is 0 Å². The molecule has 2 heteroatoms. The Kier molecular flexibility index (Phi) is 38.7. The second-order valence-corrected chi connectivity index (χ2v) is 11.0. The summed E-state index contributed by atoms with van der Waals surface area (Å²) >= 11 is 0. The lowest BCUT2D eigenvalue weighted by atomic mass is 10.1. The van der Waals surface area contributed by atoms with E-state index in [0.717, 1.165) is 12.8 Å². The molecule has 0 aliphatic heterocycles. The van der Waals surface area contributed by atoms with Gasteiger partial charge >= 0.3 is 5.97 Å². The number of allylic oxidation sites excluding steroid dienone is 2. The molecule has 0 rings (SSSR count). The molecular weight excluding hydrogens is 452 g/mol. The van der Waals surface area contributed by atoms with Gasteiger partial charge in [-0.3, -0.25) is 4.79 Å². The van der Waals surface area contributed by atoms with Crippen LogP contribution in [0.1, 0.15) is 201 Å². The number of rotatable bonds is 28. The Bertz CT molecular complexity index is 417. The Morgan fingerprint density at radius 3 is 1.08 bits per heavy atom. The highest BCUT2D eigenvalue weighted by atomic mass is 16.5. The molecule has 0 saturated heterocycles. The van der Waals surface area contributed by atoms with E-state index in [4.69, 9.17) is 4.74 Å². The minimum absolute atomic E-state index is 0.0380. The molecule has 0 aliphatic rings. The van der Waals surface area contributed by atoms with Crippen LogP contribution >= 0.6 is 0 Å². The molecule has 0 amide bonds. The number of unbranched alkanes of at least 4 members (excludes halogenated alkanes) is 23. The van der Waals surface area contributed by atoms with Crippen LogP contribution in [-0.2, 0) is 9.53 Å². The van der Waals surface area contributed by atoms with Gasteiger partial charge in [-0.1, -0.05) is 168 Å². The summed E-state index contributed by atoms with van der Waals surface area (Å²) in [6.45, 7) is 9.20. The van der Waals surface area contributed by atoms with Crippen LogP contribution in [0.15, 0.2) is 12.2 Å². The molecule has 222 valence electrons. The second-order valence-electron chi connectivity index (χ2n) is 11.0. The molecule has 0 N–H and O–H groups in total. The van der Waals surface area contributed by atoms with Crippen molar-refractivity contribution < 1.29 is 9.53 Å². The number of hydrogen-bond acceptors (Lipinski definition) is 2. The number of carbonyl (C=O) groups is 1. The predicted octanol–water partition coefficient (Wildman–Crippen LogP) is 12.7. The number of ether oxygens (including phenoxy) is 1. The third kappa shape index (κ3) is 39.9. The molecule has 0 radical (unpaired) electrons. The van der Waals surface area contributed by atoms with Gasteiger partial charge in [0.1, 0.15) is 0 Å². The lowest BCUT2D eigenvalue weighted by molar-refractivity contribution is -0.143. The quantitative estimate of drug-likeness (QED) is 0.0580. The average molecular weight is 523 g/mol. The molecule has 0 aliphatic carbocycles. The van der Waals surface area contributed by atoms with Crippen LogP contribution in [0.25, 0.3) is 0 Å². The zero-order valence-corrected chi connectivity index (χ0v) is 26.3. The van der Waals surface area contributed by atoms with E-state index >= 15 is 0 Å². The van der Waals surface area contributed by atoms with E-state index in [1.165, 1.54) is 154 Å². The van der Waals surface area contributed by atoms with Gasteiger partial charge in [0.2, 0.25) is 0 Å². The van der Waals surface area contributed by atoms with Crippen molar-refractivity contribution in [1.82, 2.24) is 0 Å². The van der Waals surface area contributed by atoms with E-state index < -0.39 is 0 Å². The Morgan fingerprint density at radius 1 is 0.432 bits per heavy atom. The maximum atomic E-state index is 11.1. The molecular formula is C35H70O2. The molecule has 37 heavy (non-hydrogen) atoms. The minimum Gasteiger partial charge on any atom is -0.466 e. The lowest BCUT2D eigenvalue weighted by Crippen LogP contribution is -2.03. The third-order valence-corrected chi connectivity index (χ3v) is 7.16. The first-order chi connectivity index (χ1) is 18.2. The van der Waals surface area contributed by atoms with Crippen molar-refractivity contribution in [2.24, 2.45) is 0 Å². The maximum absolute atomic E-state index is 11.1. The van der Waals surface area contributed by atoms with Crippen molar-refractivity contribution in [3.8, 4) is 0 Å². The third-order valence-electron chi connectivity index (χ3n) is 7.16. The minimum atomic E-state index is -0.0380. The van der Waals surface area contributed by atoms with Crippen molar-refractivity contribution in [2.75, 3.05) is 6.61 Å². The van der Waals surface area contributed by atoms with Crippen molar-refractivity contribution in [3.63, 3.8) is 0 Å². The highest BCUT2D eigenvalue weighted by molar-refractivity contribution is 5.69. The van der Waals surface area contributed by atoms with Crippen LogP contribution in [-0.4, -0.2) is 12.6 Å². The molecule has 0 aromatic heterocycles. The maximum Gasteiger partial charge on any atom is 0.305 e. The topological polar surface area (TPSA) is 26.3 Å². The second kappa shape index (κ2) is 37.4. The molecule has 0 spiro atoms. The molecule has 0 unspecified atom stereocenters. The van der Waals surface area contributed by atoms with Crippen molar-refractivity contribution in [1.29, 1.82) is 0 Å². The summed E-state index contributed by atoms with van der Waals surface area (Å²) in [4.78, 5) is 11.1. The Hall–Kier alpha value is -0.790. The number of hydrogen-bond donors (Lipinski definition) is 0. The smallest absolute Gasteiger partial charge is 0.305 e. The summed E-state index contributed by atoms with van der Waals surface area (Å²) in [7, 11) is 0. The van der Waals surface area contributed by atoms with Crippen molar-refractivity contribution in [3.05, 3.63) is 12.2 Å². The standard InChI is InChI=1S/C20H38O2.C15H32/c1-3-5-6-7-8-9-10-11-12-13-14-15-16-17-18-19-20(21)22-4-2;1-3-5-7-9-11-13-15-14-12-10-8-6-4-2/h9-10H,3-8,11-19H2,1-2H3;3-15H2,1-2H3/b10-9-;. The summed E-state index contributed by atoms with van der Waals surface area (Å²) in [6, 6.07) is 0. The fourth-order valence-corrected chi connectivity index (χ4v) is 4.66. The largest absolute Gasteiger partial charge is 0.466 e. The van der Waals surface area contributed by atoms with Gasteiger partial charge in [-0.25, -0.2) is 0 Å². The molecule has 0 fully saturated rings. The van der Waals surface area contributed by atoms with Crippen molar-refractivity contribution >= 4 is 5.97 Å². The number of esters is 1. The summed E-state index contributed by atoms with van der Waals surface area (Å²) in [6.07, 6.45) is 40.9. The van der Waals surface area contributed by atoms with Crippen LogP contribution in [0.5, 0.6) is 0 Å². The van der Waals surface area contributed by atoms with E-state index in [1.54, 1.807) is 0 Å². The molecule has 0 heterocycles. The van der Waals surface area contributed by atoms with Crippen LogP contribution in [0, 0.1) is 0 Å². The van der Waals surface area contributed by atoms with Crippen LogP contribution in [0.2, 0.25) is 0 Å². The highest BCUT2D eigenvalue weighted by Gasteiger charge is 2.00. The summed E-state index contributed by atoms with van der Waals surface area (Å²) in [5.41, 5.74) is 0. The zero-order valence-electron chi connectivity index (χ0n) is 26.3. The average Bonchev–Trinajstić information content (AvgIpc) is 2.90. The first-order valence-electron chi connectivity index (χ1n) is 17.0. The van der Waals surface area contributed by atoms with E-state index in [-0.39, 0.29) is 5.97 Å². The summed E-state index contributed by atoms with van der Waals surface area (Å²) in [5.74, 6) is -0.0380. The fraction of sp³-hybridized carbons (Fsp3) is 0.914. The van der Waals surface area contributed by atoms with E-state index in [1.807, 2.05) is 6.92 Å². The molecule has 0 atom stereocenters. The van der Waals surface area contributed by atoms with Gasteiger partial charge in [0.25, 0.3) is 0 Å². The van der Waals surface area contributed by atoms with Gasteiger partial charge in [0.05, 0.1) is 6.61 Å². The first-order valence-corrected chi connectivity index (χ1v) is 17.0. The summed E-state index contributed by atoms with van der Waals surface area (Å²) < 4.78 is 4.92. The van der Waals surface area contributed by atoms with Crippen LogP contribution in [0.3, 0.4) is 0 Å². The molecule has 0 aromatic rings. The van der Waals surface area contributed by atoms with Gasteiger partial charge in [-0.15, -0.1) is 0 Å². The Morgan fingerprint density at radius 2 is 0.730 bits per heavy atom. The van der Waals surface area contributed by atoms with Crippen LogP contribution < -0.4 is 0 Å². The number of carbonyl (C=O) groups excluding carboxylic acids is 1. The molecule has 0 bridgehead atoms. The normalized spacial score (nSPS) is 11.0. The monoisotopic (exact) mass is 523 g/mol. The van der Waals surface area contributed by atoms with Gasteiger partial charge in [0, 0.05) is 6.42 Å². The summed E-state index contributed by atoms with van der Waals surface area (Å²) in [5, 5.41) is 0. The highest BCUT2D eigenvalue weighted by Crippen LogP contribution is 2.13. The Balaban J connectivity index is 0. The van der Waals surface area contributed by atoms with E-state index in [0.29, 0.717) is 13.0 Å². The van der Waals surface area contributed by atoms with E-state index in [2.05, 4.69) is 32.9 Å². The molecule has 0 saturated carbocycles. The van der Waals surface area contributed by atoms with Gasteiger partial charge < -0.3 is 4.74 Å². The van der Waals surface area contributed by atoms with E-state index in [9.17, 15) is 4.79 Å².